The summed E-state index contributed by atoms with van der Waals surface area (Å²) in [5.74, 6) is 0.527. The van der Waals surface area contributed by atoms with Crippen LogP contribution < -0.4 is 10.1 Å². The first kappa shape index (κ1) is 24.1. The van der Waals surface area contributed by atoms with Gasteiger partial charge in [0, 0.05) is 11.9 Å². The van der Waals surface area contributed by atoms with E-state index in [1.54, 1.807) is 16.7 Å². The third-order valence-corrected chi connectivity index (χ3v) is 6.77. The molecule has 0 saturated carbocycles. The molecular weight excluding hydrogens is 472 g/mol. The predicted octanol–water partition coefficient (Wildman–Crippen LogP) is 4.80. The average Bonchev–Trinajstić information content (AvgIpc) is 3.30. The van der Waals surface area contributed by atoms with E-state index in [0.717, 1.165) is 10.4 Å². The van der Waals surface area contributed by atoms with E-state index >= 15 is 0 Å². The van der Waals surface area contributed by atoms with E-state index in [4.69, 9.17) is 21.1 Å². The van der Waals surface area contributed by atoms with Crippen LogP contribution in [0.15, 0.2) is 29.4 Å². The monoisotopic (exact) mass is 494 g/mol. The maximum atomic E-state index is 12.4. The van der Waals surface area contributed by atoms with Gasteiger partial charge in [-0.2, -0.15) is 0 Å². The Morgan fingerprint density at radius 1 is 1.28 bits per heavy atom. The van der Waals surface area contributed by atoms with Crippen LogP contribution in [0, 0.1) is 13.8 Å². The highest BCUT2D eigenvalue weighted by Gasteiger charge is 2.20. The molecule has 2 heterocycles. The summed E-state index contributed by atoms with van der Waals surface area (Å²) in [4.78, 5) is 25.2. The number of rotatable bonds is 8. The Kier molecular flexibility index (Phi) is 7.81. The van der Waals surface area contributed by atoms with E-state index in [2.05, 4.69) is 15.5 Å². The first-order valence-electron chi connectivity index (χ1n) is 9.63. The minimum Gasteiger partial charge on any atom is -0.481 e. The molecule has 0 aliphatic rings. The standard InChI is InChI=1S/C21H23ClN4O4S2/c1-11-6-7-15(22)16(8-11)30-13(3)18-24-25-21(26(18)4)31-10-17(27)23-19-14(20(28)29-5)9-12(2)32-19/h6-9,13H,10H2,1-5H3,(H,23,27). The number of halogens is 1. The number of thiophene rings is 1. The van der Waals surface area contributed by atoms with Gasteiger partial charge in [-0.05, 0) is 44.5 Å². The Balaban J connectivity index is 1.63. The molecule has 1 atom stereocenters. The molecule has 3 aromatic rings. The van der Waals surface area contributed by atoms with Crippen LogP contribution in [0.2, 0.25) is 5.02 Å². The lowest BCUT2D eigenvalue weighted by Gasteiger charge is -2.15. The number of benzene rings is 1. The number of thioether (sulfide) groups is 1. The highest BCUT2D eigenvalue weighted by atomic mass is 35.5. The summed E-state index contributed by atoms with van der Waals surface area (Å²) in [6, 6.07) is 7.25. The van der Waals surface area contributed by atoms with Gasteiger partial charge in [0.1, 0.15) is 10.8 Å². The van der Waals surface area contributed by atoms with Gasteiger partial charge in [-0.15, -0.1) is 21.5 Å². The molecule has 1 unspecified atom stereocenters. The molecule has 0 radical (unpaired) electrons. The smallest absolute Gasteiger partial charge is 0.340 e. The highest BCUT2D eigenvalue weighted by molar-refractivity contribution is 7.99. The zero-order chi connectivity index (χ0) is 23.4. The van der Waals surface area contributed by atoms with Crippen molar-refractivity contribution >= 4 is 51.6 Å². The Labute approximate surface area is 199 Å². The van der Waals surface area contributed by atoms with Gasteiger partial charge in [0.15, 0.2) is 17.1 Å². The third kappa shape index (κ3) is 5.62. The van der Waals surface area contributed by atoms with E-state index in [1.165, 1.54) is 30.2 Å². The summed E-state index contributed by atoms with van der Waals surface area (Å²) in [5, 5.41) is 12.7. The van der Waals surface area contributed by atoms with Crippen molar-refractivity contribution in [3.63, 3.8) is 0 Å². The lowest BCUT2D eigenvalue weighted by Crippen LogP contribution is -2.16. The number of hydrogen-bond acceptors (Lipinski definition) is 8. The summed E-state index contributed by atoms with van der Waals surface area (Å²) in [7, 11) is 3.12. The maximum Gasteiger partial charge on any atom is 0.340 e. The molecule has 170 valence electrons. The molecule has 8 nitrogen and oxygen atoms in total. The second-order valence-corrected chi connectivity index (χ2v) is 9.63. The molecule has 1 amide bonds. The fourth-order valence-electron chi connectivity index (χ4n) is 2.91. The Morgan fingerprint density at radius 2 is 2.03 bits per heavy atom. The number of hydrogen-bond donors (Lipinski definition) is 1. The number of methoxy groups -OCH3 is 1. The maximum absolute atomic E-state index is 12.4. The number of nitrogens with one attached hydrogen (secondary N) is 1. The highest BCUT2D eigenvalue weighted by Crippen LogP contribution is 2.31. The number of esters is 1. The van der Waals surface area contributed by atoms with Crippen molar-refractivity contribution in [1.82, 2.24) is 14.8 Å². The van der Waals surface area contributed by atoms with E-state index in [1.807, 2.05) is 40.0 Å². The van der Waals surface area contributed by atoms with E-state index in [-0.39, 0.29) is 11.7 Å². The van der Waals surface area contributed by atoms with Crippen LogP contribution in [0.5, 0.6) is 5.75 Å². The normalized spacial score (nSPS) is 11.8. The van der Waals surface area contributed by atoms with Gasteiger partial charge in [-0.1, -0.05) is 29.4 Å². The number of aryl methyl sites for hydroxylation is 2. The number of aromatic nitrogens is 3. The topological polar surface area (TPSA) is 95.3 Å². The quantitative estimate of drug-likeness (QED) is 0.355. The molecule has 0 bridgehead atoms. The molecule has 0 aliphatic carbocycles. The number of carbonyl (C=O) groups excluding carboxylic acids is 2. The van der Waals surface area contributed by atoms with Gasteiger partial charge >= 0.3 is 5.97 Å². The summed E-state index contributed by atoms with van der Waals surface area (Å²) >= 11 is 8.78. The van der Waals surface area contributed by atoms with Crippen LogP contribution in [-0.4, -0.2) is 39.5 Å². The van der Waals surface area contributed by atoms with Gasteiger partial charge in [0.2, 0.25) is 5.91 Å². The molecule has 1 aromatic carbocycles. The van der Waals surface area contributed by atoms with Gasteiger partial charge < -0.3 is 19.4 Å². The van der Waals surface area contributed by atoms with Crippen LogP contribution in [0.4, 0.5) is 5.00 Å². The molecule has 1 N–H and O–H groups in total. The second-order valence-electron chi connectivity index (χ2n) is 7.02. The third-order valence-electron chi connectivity index (χ3n) is 4.47. The first-order chi connectivity index (χ1) is 15.2. The van der Waals surface area contributed by atoms with Crippen molar-refractivity contribution in [2.24, 2.45) is 7.05 Å². The molecule has 3 rings (SSSR count). The zero-order valence-corrected chi connectivity index (χ0v) is 20.7. The SMILES string of the molecule is COC(=O)c1cc(C)sc1NC(=O)CSc1nnc(C(C)Oc2cc(C)ccc2Cl)n1C. The zero-order valence-electron chi connectivity index (χ0n) is 18.3. The summed E-state index contributed by atoms with van der Waals surface area (Å²) in [6.45, 7) is 5.68. The van der Waals surface area contributed by atoms with Crippen molar-refractivity contribution in [2.45, 2.75) is 32.0 Å². The summed E-state index contributed by atoms with van der Waals surface area (Å²) in [6.07, 6.45) is -0.397. The van der Waals surface area contributed by atoms with Crippen LogP contribution >= 0.6 is 34.7 Å². The van der Waals surface area contributed by atoms with Crippen molar-refractivity contribution in [2.75, 3.05) is 18.2 Å². The van der Waals surface area contributed by atoms with Gasteiger partial charge in [-0.25, -0.2) is 4.79 Å². The second kappa shape index (κ2) is 10.4. The fraction of sp³-hybridized carbons (Fsp3) is 0.333. The van der Waals surface area contributed by atoms with Crippen molar-refractivity contribution in [3.8, 4) is 5.75 Å². The van der Waals surface area contributed by atoms with Crippen LogP contribution in [0.3, 0.4) is 0 Å². The van der Waals surface area contributed by atoms with Gasteiger partial charge in [0.25, 0.3) is 0 Å². The molecule has 0 aliphatic heterocycles. The van der Waals surface area contributed by atoms with Gasteiger partial charge in [-0.3, -0.25) is 4.79 Å². The van der Waals surface area contributed by atoms with E-state index in [9.17, 15) is 9.59 Å². The van der Waals surface area contributed by atoms with E-state index < -0.39 is 12.1 Å². The first-order valence-corrected chi connectivity index (χ1v) is 11.8. The lowest BCUT2D eigenvalue weighted by atomic mass is 10.2. The van der Waals surface area contributed by atoms with Crippen molar-refractivity contribution in [3.05, 3.63) is 51.1 Å². The number of carbonyl (C=O) groups is 2. The predicted molar refractivity (Wildman–Crippen MR) is 126 cm³/mol. The summed E-state index contributed by atoms with van der Waals surface area (Å²) in [5.41, 5.74) is 1.38. The Bertz CT molecular complexity index is 1150. The van der Waals surface area contributed by atoms with Crippen LogP contribution in [0.1, 0.15) is 39.7 Å². The molecule has 0 spiro atoms. The van der Waals surface area contributed by atoms with Crippen LogP contribution in [0.25, 0.3) is 0 Å². The minimum atomic E-state index is -0.488. The number of amides is 1. The fourth-order valence-corrected chi connectivity index (χ4v) is 4.71. The summed E-state index contributed by atoms with van der Waals surface area (Å²) < 4.78 is 12.5. The Hall–Kier alpha value is -2.56. The van der Waals surface area contributed by atoms with E-state index in [0.29, 0.717) is 32.3 Å². The van der Waals surface area contributed by atoms with Crippen molar-refractivity contribution in [1.29, 1.82) is 0 Å². The number of ether oxygens (including phenoxy) is 2. The Morgan fingerprint density at radius 3 is 2.75 bits per heavy atom. The van der Waals surface area contributed by atoms with Crippen molar-refractivity contribution < 1.29 is 19.1 Å². The van der Waals surface area contributed by atoms with Gasteiger partial charge in [0.05, 0.1) is 23.4 Å². The largest absolute Gasteiger partial charge is 0.481 e. The molecule has 0 saturated heterocycles. The number of nitrogens with zero attached hydrogens (tertiary/aromatic N) is 3. The van der Waals surface area contributed by atoms with Crippen LogP contribution in [-0.2, 0) is 16.6 Å². The average molecular weight is 495 g/mol. The molecule has 0 fully saturated rings. The number of anilines is 1. The lowest BCUT2D eigenvalue weighted by molar-refractivity contribution is -0.113. The molecule has 11 heteroatoms. The minimum absolute atomic E-state index is 0.0997. The molecule has 32 heavy (non-hydrogen) atoms. The molecular formula is C21H23ClN4O4S2. The molecule has 2 aromatic heterocycles.